The molecule has 0 radical (unpaired) electrons. The lowest BCUT2D eigenvalue weighted by Crippen LogP contribution is -2.14. The number of hydrogen-bond acceptors (Lipinski definition) is 5. The zero-order valence-corrected chi connectivity index (χ0v) is 16.4. The average Bonchev–Trinajstić information content (AvgIpc) is 3.12. The Kier molecular flexibility index (Phi) is 5.12. The number of nitrogens with zero attached hydrogens (tertiary/aromatic N) is 1. The Morgan fingerprint density at radius 2 is 1.83 bits per heavy atom. The Hall–Kier alpha value is -3.47. The van der Waals surface area contributed by atoms with Crippen LogP contribution in [0.3, 0.4) is 0 Å². The Labute approximate surface area is 169 Å². The molecule has 0 atom stereocenters. The third-order valence-corrected chi connectivity index (χ3v) is 5.01. The number of pyridine rings is 1. The number of carbonyl (C=O) groups excluding carboxylic acids is 2. The SMILES string of the molecule is COc1ccc(C=C2CCc3c2nc2ccccc2c3C(=O)OCC(C)=O)cc1. The summed E-state index contributed by atoms with van der Waals surface area (Å²) >= 11 is 0. The van der Waals surface area contributed by atoms with Crippen molar-refractivity contribution in [3.63, 3.8) is 0 Å². The minimum absolute atomic E-state index is 0.187. The number of hydrogen-bond donors (Lipinski definition) is 0. The van der Waals surface area contributed by atoms with Gasteiger partial charge in [0.25, 0.3) is 0 Å². The summed E-state index contributed by atoms with van der Waals surface area (Å²) in [5.41, 5.74) is 5.10. The molecule has 0 N–H and O–H groups in total. The van der Waals surface area contributed by atoms with Crippen LogP contribution in [0, 0.1) is 0 Å². The second-order valence-electron chi connectivity index (χ2n) is 7.05. The highest BCUT2D eigenvalue weighted by Gasteiger charge is 2.27. The number of para-hydroxylation sites is 1. The first kappa shape index (κ1) is 18.9. The first-order valence-electron chi connectivity index (χ1n) is 9.50. The quantitative estimate of drug-likeness (QED) is 0.604. The van der Waals surface area contributed by atoms with Gasteiger partial charge in [0.1, 0.15) is 12.4 Å². The fourth-order valence-corrected chi connectivity index (χ4v) is 3.65. The molecule has 0 unspecified atom stereocenters. The van der Waals surface area contributed by atoms with Gasteiger partial charge in [-0.3, -0.25) is 4.79 Å². The summed E-state index contributed by atoms with van der Waals surface area (Å²) in [5, 5.41) is 0.755. The molecule has 4 rings (SSSR count). The van der Waals surface area contributed by atoms with Crippen molar-refractivity contribution in [1.29, 1.82) is 0 Å². The molecule has 0 bridgehead atoms. The normalized spacial score (nSPS) is 14.1. The molecular formula is C24H21NO4. The van der Waals surface area contributed by atoms with E-state index in [1.165, 1.54) is 6.92 Å². The third kappa shape index (κ3) is 3.76. The lowest BCUT2D eigenvalue weighted by Gasteiger charge is -2.12. The molecule has 1 heterocycles. The highest BCUT2D eigenvalue weighted by atomic mass is 16.5. The molecule has 0 fully saturated rings. The molecule has 0 spiro atoms. The molecule has 1 aliphatic carbocycles. The summed E-state index contributed by atoms with van der Waals surface area (Å²) in [6.07, 6.45) is 3.59. The molecule has 146 valence electrons. The molecule has 0 saturated heterocycles. The molecule has 1 aliphatic rings. The van der Waals surface area contributed by atoms with E-state index < -0.39 is 5.97 Å². The van der Waals surface area contributed by atoms with E-state index in [0.717, 1.165) is 45.5 Å². The van der Waals surface area contributed by atoms with Crippen molar-refractivity contribution >= 4 is 34.3 Å². The van der Waals surface area contributed by atoms with Crippen LogP contribution >= 0.6 is 0 Å². The van der Waals surface area contributed by atoms with Gasteiger partial charge in [0.05, 0.1) is 23.9 Å². The lowest BCUT2D eigenvalue weighted by molar-refractivity contribution is -0.120. The summed E-state index contributed by atoms with van der Waals surface area (Å²) in [6.45, 7) is 1.18. The van der Waals surface area contributed by atoms with Gasteiger partial charge in [-0.1, -0.05) is 30.3 Å². The minimum Gasteiger partial charge on any atom is -0.497 e. The molecule has 3 aromatic rings. The van der Waals surface area contributed by atoms with Crippen LogP contribution < -0.4 is 4.74 Å². The van der Waals surface area contributed by atoms with E-state index in [-0.39, 0.29) is 12.4 Å². The summed E-state index contributed by atoms with van der Waals surface area (Å²) in [5.74, 6) is 0.146. The number of fused-ring (bicyclic) bond motifs is 2. The van der Waals surface area contributed by atoms with Crippen LogP contribution in [0.4, 0.5) is 0 Å². The molecule has 5 nitrogen and oxygen atoms in total. The van der Waals surface area contributed by atoms with Crippen molar-refractivity contribution < 1.29 is 19.1 Å². The maximum absolute atomic E-state index is 12.8. The highest BCUT2D eigenvalue weighted by molar-refractivity contribution is 6.07. The lowest BCUT2D eigenvalue weighted by atomic mass is 10.0. The van der Waals surface area contributed by atoms with Gasteiger partial charge in [-0.15, -0.1) is 0 Å². The number of ketones is 1. The number of methoxy groups -OCH3 is 1. The topological polar surface area (TPSA) is 65.5 Å². The van der Waals surface area contributed by atoms with E-state index in [9.17, 15) is 9.59 Å². The Bertz CT molecular complexity index is 1130. The van der Waals surface area contributed by atoms with Gasteiger partial charge in [0.15, 0.2) is 5.78 Å². The molecule has 0 aliphatic heterocycles. The van der Waals surface area contributed by atoms with E-state index in [4.69, 9.17) is 14.5 Å². The van der Waals surface area contributed by atoms with Gasteiger partial charge >= 0.3 is 5.97 Å². The minimum atomic E-state index is -0.472. The predicted molar refractivity (Wildman–Crippen MR) is 112 cm³/mol. The maximum atomic E-state index is 12.8. The number of carbonyl (C=O) groups is 2. The molecule has 0 saturated carbocycles. The van der Waals surface area contributed by atoms with Gasteiger partial charge < -0.3 is 9.47 Å². The van der Waals surface area contributed by atoms with E-state index in [1.54, 1.807) is 7.11 Å². The summed E-state index contributed by atoms with van der Waals surface area (Å²) in [4.78, 5) is 28.9. The largest absolute Gasteiger partial charge is 0.497 e. The van der Waals surface area contributed by atoms with E-state index in [1.807, 2.05) is 48.5 Å². The van der Waals surface area contributed by atoms with E-state index in [2.05, 4.69) is 6.08 Å². The van der Waals surface area contributed by atoms with Crippen molar-refractivity contribution in [3.05, 3.63) is 70.9 Å². The van der Waals surface area contributed by atoms with Crippen molar-refractivity contribution in [2.24, 2.45) is 0 Å². The van der Waals surface area contributed by atoms with E-state index in [0.29, 0.717) is 12.0 Å². The van der Waals surface area contributed by atoms with Crippen LogP contribution in [0.15, 0.2) is 48.5 Å². The zero-order valence-electron chi connectivity index (χ0n) is 16.4. The predicted octanol–water partition coefficient (Wildman–Crippen LogP) is 4.48. The molecule has 2 aromatic carbocycles. The Balaban J connectivity index is 1.80. The molecular weight excluding hydrogens is 366 g/mol. The fraction of sp³-hybridized carbons (Fsp3) is 0.208. The molecule has 29 heavy (non-hydrogen) atoms. The van der Waals surface area contributed by atoms with Crippen LogP contribution in [-0.2, 0) is 16.0 Å². The van der Waals surface area contributed by atoms with E-state index >= 15 is 0 Å². The third-order valence-electron chi connectivity index (χ3n) is 5.01. The van der Waals surface area contributed by atoms with Crippen LogP contribution in [0.1, 0.15) is 40.5 Å². The highest BCUT2D eigenvalue weighted by Crippen LogP contribution is 2.37. The molecule has 0 amide bonds. The number of Topliss-reactive ketones (excluding diaryl/α,β-unsaturated/α-hetero) is 1. The van der Waals surface area contributed by atoms with Crippen LogP contribution in [-0.4, -0.2) is 30.5 Å². The van der Waals surface area contributed by atoms with Gasteiger partial charge in [-0.25, -0.2) is 9.78 Å². The number of ether oxygens (including phenoxy) is 2. The van der Waals surface area contributed by atoms with Crippen molar-refractivity contribution in [2.75, 3.05) is 13.7 Å². The van der Waals surface area contributed by atoms with Crippen molar-refractivity contribution in [3.8, 4) is 5.75 Å². The zero-order chi connectivity index (χ0) is 20.4. The number of esters is 1. The number of aromatic nitrogens is 1. The van der Waals surface area contributed by atoms with Gasteiger partial charge in [0, 0.05) is 5.39 Å². The summed E-state index contributed by atoms with van der Waals surface area (Å²) in [7, 11) is 1.64. The molecule has 5 heteroatoms. The van der Waals surface area contributed by atoms with Crippen LogP contribution in [0.25, 0.3) is 22.6 Å². The number of allylic oxidation sites excluding steroid dienone is 1. The van der Waals surface area contributed by atoms with Crippen molar-refractivity contribution in [2.45, 2.75) is 19.8 Å². The van der Waals surface area contributed by atoms with Gasteiger partial charge in [-0.05, 0) is 60.7 Å². The fourth-order valence-electron chi connectivity index (χ4n) is 3.65. The monoisotopic (exact) mass is 387 g/mol. The number of rotatable bonds is 5. The standard InChI is InChI=1S/C24H21NO4/c1-15(26)14-29-24(27)22-19-5-3-4-6-21(19)25-23-17(9-12-20(22)23)13-16-7-10-18(28-2)11-8-16/h3-8,10-11,13H,9,12,14H2,1-2H3. The first-order valence-corrected chi connectivity index (χ1v) is 9.50. The Morgan fingerprint density at radius 1 is 1.07 bits per heavy atom. The van der Waals surface area contributed by atoms with Crippen LogP contribution in [0.5, 0.6) is 5.75 Å². The number of benzene rings is 2. The average molecular weight is 387 g/mol. The first-order chi connectivity index (χ1) is 14.1. The van der Waals surface area contributed by atoms with Crippen molar-refractivity contribution in [1.82, 2.24) is 4.98 Å². The maximum Gasteiger partial charge on any atom is 0.339 e. The summed E-state index contributed by atoms with van der Waals surface area (Å²) in [6, 6.07) is 15.4. The molecule has 1 aromatic heterocycles. The Morgan fingerprint density at radius 3 is 2.55 bits per heavy atom. The second-order valence-corrected chi connectivity index (χ2v) is 7.05. The van der Waals surface area contributed by atoms with Gasteiger partial charge in [0.2, 0.25) is 0 Å². The van der Waals surface area contributed by atoms with Crippen LogP contribution in [0.2, 0.25) is 0 Å². The second kappa shape index (κ2) is 7.87. The smallest absolute Gasteiger partial charge is 0.339 e. The van der Waals surface area contributed by atoms with Gasteiger partial charge in [-0.2, -0.15) is 0 Å². The summed E-state index contributed by atoms with van der Waals surface area (Å²) < 4.78 is 10.5.